The number of piperazine rings is 1. The van der Waals surface area contributed by atoms with Crippen molar-refractivity contribution in [3.8, 4) is 5.75 Å². The predicted molar refractivity (Wildman–Crippen MR) is 188 cm³/mol. The maximum absolute atomic E-state index is 15.0. The molecule has 0 saturated carbocycles. The summed E-state index contributed by atoms with van der Waals surface area (Å²) in [6.45, 7) is 9.19. The molecule has 264 valence electrons. The van der Waals surface area contributed by atoms with Gasteiger partial charge >= 0.3 is 0 Å². The Kier molecular flexibility index (Phi) is 9.86. The molecule has 50 heavy (non-hydrogen) atoms. The summed E-state index contributed by atoms with van der Waals surface area (Å²) in [4.78, 5) is 10.9. The van der Waals surface area contributed by atoms with E-state index >= 15 is 0 Å². The Morgan fingerprint density at radius 3 is 2.26 bits per heavy atom. The Labute approximate surface area is 291 Å². The minimum Gasteiger partial charge on any atom is -0.493 e. The number of aliphatic hydroxyl groups is 1. The molecule has 7 rings (SSSR count). The fourth-order valence-corrected chi connectivity index (χ4v) is 7.33. The number of hydrazone groups is 1. The molecule has 0 spiro atoms. The molecular formula is C37H44F2N8O3. The first-order valence-electron chi connectivity index (χ1n) is 17.3. The van der Waals surface area contributed by atoms with Gasteiger partial charge in [0.15, 0.2) is 0 Å². The predicted octanol–water partition coefficient (Wildman–Crippen LogP) is 5.08. The van der Waals surface area contributed by atoms with E-state index in [2.05, 4.69) is 73.2 Å². The molecule has 0 radical (unpaired) electrons. The monoisotopic (exact) mass is 686 g/mol. The maximum Gasteiger partial charge on any atom is 0.137 e. The van der Waals surface area contributed by atoms with Crippen molar-refractivity contribution in [2.24, 2.45) is 11.0 Å². The largest absolute Gasteiger partial charge is 0.493 e. The minimum absolute atomic E-state index is 0.00373. The highest BCUT2D eigenvalue weighted by atomic mass is 19.1. The maximum atomic E-state index is 15.0. The van der Waals surface area contributed by atoms with Crippen LogP contribution in [-0.4, -0.2) is 89.4 Å². The van der Waals surface area contributed by atoms with Crippen LogP contribution in [0.3, 0.4) is 0 Å². The molecule has 3 aliphatic heterocycles. The highest BCUT2D eigenvalue weighted by Crippen LogP contribution is 2.42. The van der Waals surface area contributed by atoms with Gasteiger partial charge in [0.1, 0.15) is 48.6 Å². The fraction of sp³-hybridized carbons (Fsp3) is 0.432. The first kappa shape index (κ1) is 33.7. The fourth-order valence-electron chi connectivity index (χ4n) is 7.33. The van der Waals surface area contributed by atoms with Gasteiger partial charge in [-0.1, -0.05) is 13.0 Å². The molecule has 0 aliphatic carbocycles. The number of halogens is 2. The molecule has 1 N–H and O–H groups in total. The van der Waals surface area contributed by atoms with Crippen molar-refractivity contribution in [1.82, 2.24) is 19.8 Å². The second-order valence-corrected chi connectivity index (χ2v) is 13.4. The molecule has 0 unspecified atom stereocenters. The topological polar surface area (TPSA) is 94.7 Å². The lowest BCUT2D eigenvalue weighted by atomic mass is 9.87. The van der Waals surface area contributed by atoms with Gasteiger partial charge in [-0.2, -0.15) is 10.2 Å². The van der Waals surface area contributed by atoms with Crippen LogP contribution in [0, 0.1) is 17.6 Å². The Balaban J connectivity index is 0.899. The van der Waals surface area contributed by atoms with E-state index in [4.69, 9.17) is 9.47 Å². The smallest absolute Gasteiger partial charge is 0.137 e. The standard InChI is InChI=1S/C37H44F2N8O3/c1-3-36(27(2)48)47-26-45(25-42-47)32-7-5-30(6-8-32)43-14-16-44(17-15-43)31-9-11-33(12-10-31)49-20-28-19-37(50-21-28,22-46-24-40-23-41-46)34-13-4-29(38)18-35(34)39/h4-13,18,23-25,27-28,36,48H,3,14-17,19-22,26H2,1-2H3/t27-,28+,36-,37-/m0/s1. The van der Waals surface area contributed by atoms with Gasteiger partial charge in [0.25, 0.3) is 0 Å². The van der Waals surface area contributed by atoms with E-state index in [1.54, 1.807) is 11.0 Å². The number of anilines is 3. The van der Waals surface area contributed by atoms with Crippen LogP contribution < -0.4 is 19.4 Å². The van der Waals surface area contributed by atoms with Crippen LogP contribution in [0.4, 0.5) is 25.8 Å². The zero-order valence-corrected chi connectivity index (χ0v) is 28.5. The van der Waals surface area contributed by atoms with Gasteiger partial charge in [-0.05, 0) is 74.4 Å². The first-order valence-corrected chi connectivity index (χ1v) is 17.3. The van der Waals surface area contributed by atoms with Crippen molar-refractivity contribution in [2.45, 2.75) is 51.0 Å². The zero-order chi connectivity index (χ0) is 34.7. The van der Waals surface area contributed by atoms with Crippen molar-refractivity contribution in [3.05, 3.63) is 96.6 Å². The summed E-state index contributed by atoms with van der Waals surface area (Å²) >= 11 is 0. The van der Waals surface area contributed by atoms with Gasteiger partial charge in [0.2, 0.25) is 0 Å². The van der Waals surface area contributed by atoms with E-state index in [-0.39, 0.29) is 18.5 Å². The summed E-state index contributed by atoms with van der Waals surface area (Å²) in [5.41, 5.74) is 2.73. The quantitative estimate of drug-likeness (QED) is 0.219. The summed E-state index contributed by atoms with van der Waals surface area (Å²) in [6.07, 6.45) is 5.72. The summed E-state index contributed by atoms with van der Waals surface area (Å²) in [5.74, 6) is -0.499. The molecule has 11 nitrogen and oxygen atoms in total. The first-order chi connectivity index (χ1) is 24.3. The highest BCUT2D eigenvalue weighted by Gasteiger charge is 2.44. The van der Waals surface area contributed by atoms with Crippen molar-refractivity contribution in [2.75, 3.05) is 60.8 Å². The number of aromatic nitrogens is 3. The lowest BCUT2D eigenvalue weighted by Gasteiger charge is -2.37. The Morgan fingerprint density at radius 1 is 0.960 bits per heavy atom. The van der Waals surface area contributed by atoms with Crippen LogP contribution in [0.2, 0.25) is 0 Å². The van der Waals surface area contributed by atoms with E-state index < -0.39 is 23.3 Å². The summed E-state index contributed by atoms with van der Waals surface area (Å²) < 4.78 is 42.7. The number of benzene rings is 3. The van der Waals surface area contributed by atoms with Crippen LogP contribution >= 0.6 is 0 Å². The lowest BCUT2D eigenvalue weighted by molar-refractivity contribution is -0.0206. The Bertz CT molecular complexity index is 1730. The minimum atomic E-state index is -1.00. The molecule has 3 aliphatic rings. The third kappa shape index (κ3) is 7.24. The third-order valence-electron chi connectivity index (χ3n) is 10.0. The number of hydrogen-bond acceptors (Lipinski definition) is 10. The number of aliphatic hydroxyl groups excluding tert-OH is 1. The molecular weight excluding hydrogens is 642 g/mol. The molecule has 3 aromatic carbocycles. The van der Waals surface area contributed by atoms with Crippen molar-refractivity contribution in [3.63, 3.8) is 0 Å². The van der Waals surface area contributed by atoms with E-state index in [9.17, 15) is 13.9 Å². The van der Waals surface area contributed by atoms with E-state index in [0.717, 1.165) is 55.8 Å². The third-order valence-corrected chi connectivity index (χ3v) is 10.0. The number of ether oxygens (including phenoxy) is 2. The molecule has 0 bridgehead atoms. The SMILES string of the molecule is CC[C@@H]([C@H](C)O)N1CN(c2ccc(N3CCN(c4ccc(OC[C@@H]5CO[C@@](Cn6cncn6)(c6ccc(F)cc6F)C5)cc4)CC3)cc2)C=N1. The molecule has 1 aromatic heterocycles. The second kappa shape index (κ2) is 14.6. The van der Waals surface area contributed by atoms with Gasteiger partial charge in [-0.15, -0.1) is 0 Å². The lowest BCUT2D eigenvalue weighted by Crippen LogP contribution is -2.46. The van der Waals surface area contributed by atoms with Gasteiger partial charge in [-0.25, -0.2) is 18.4 Å². The van der Waals surface area contributed by atoms with Crippen LogP contribution in [-0.2, 0) is 16.9 Å². The van der Waals surface area contributed by atoms with Crippen LogP contribution in [0.5, 0.6) is 5.75 Å². The highest BCUT2D eigenvalue weighted by molar-refractivity contribution is 5.80. The van der Waals surface area contributed by atoms with Crippen molar-refractivity contribution in [1.29, 1.82) is 0 Å². The average molecular weight is 687 g/mol. The molecule has 4 atom stereocenters. The Morgan fingerprint density at radius 2 is 1.64 bits per heavy atom. The molecule has 0 amide bonds. The summed E-state index contributed by atoms with van der Waals surface area (Å²) in [7, 11) is 0. The number of rotatable bonds is 12. The molecule has 4 heterocycles. The number of hydrogen-bond donors (Lipinski definition) is 1. The molecule has 2 saturated heterocycles. The molecule has 2 fully saturated rings. The van der Waals surface area contributed by atoms with Crippen molar-refractivity contribution < 1.29 is 23.4 Å². The number of nitrogens with zero attached hydrogens (tertiary/aromatic N) is 8. The average Bonchev–Trinajstić information content (AvgIpc) is 3.91. The van der Waals surface area contributed by atoms with Crippen molar-refractivity contribution >= 4 is 23.4 Å². The van der Waals surface area contributed by atoms with E-state index in [1.807, 2.05) is 30.4 Å². The van der Waals surface area contributed by atoms with Gasteiger partial charge in [-0.3, -0.25) is 5.01 Å². The Hall–Kier alpha value is -4.75. The van der Waals surface area contributed by atoms with Gasteiger partial charge in [0.05, 0.1) is 31.9 Å². The van der Waals surface area contributed by atoms with Crippen LogP contribution in [0.15, 0.2) is 84.5 Å². The van der Waals surface area contributed by atoms with Gasteiger partial charge in [0, 0.05) is 60.8 Å². The second-order valence-electron chi connectivity index (χ2n) is 13.4. The van der Waals surface area contributed by atoms with E-state index in [1.165, 1.54) is 24.1 Å². The summed E-state index contributed by atoms with van der Waals surface area (Å²) in [6, 6.07) is 20.4. The van der Waals surface area contributed by atoms with Crippen LogP contribution in [0.1, 0.15) is 32.3 Å². The van der Waals surface area contributed by atoms with E-state index in [0.29, 0.717) is 31.9 Å². The molecule has 4 aromatic rings. The van der Waals surface area contributed by atoms with Gasteiger partial charge < -0.3 is 29.3 Å². The normalized spacial score (nSPS) is 22.0. The van der Waals surface area contributed by atoms with Crippen LogP contribution in [0.25, 0.3) is 0 Å². The zero-order valence-electron chi connectivity index (χ0n) is 28.5. The molecule has 13 heteroatoms. The summed E-state index contributed by atoms with van der Waals surface area (Å²) in [5, 5.41) is 20.8.